The van der Waals surface area contributed by atoms with Crippen molar-refractivity contribution in [2.75, 3.05) is 13.7 Å². The molecule has 0 radical (unpaired) electrons. The zero-order valence-electron chi connectivity index (χ0n) is 21.4. The van der Waals surface area contributed by atoms with Crippen LogP contribution >= 0.6 is 0 Å². The number of rotatable bonds is 4. The van der Waals surface area contributed by atoms with Crippen molar-refractivity contribution in [3.63, 3.8) is 0 Å². The van der Waals surface area contributed by atoms with E-state index in [0.717, 1.165) is 44.8 Å². The van der Waals surface area contributed by atoms with Gasteiger partial charge in [0.25, 0.3) is 0 Å². The average molecular weight is 459 g/mol. The Bertz CT molecular complexity index is 858. The van der Waals surface area contributed by atoms with Gasteiger partial charge in [0, 0.05) is 17.9 Å². The van der Waals surface area contributed by atoms with Crippen LogP contribution in [0.25, 0.3) is 0 Å². The lowest BCUT2D eigenvalue weighted by Gasteiger charge is -2.69. The molecule has 7 atom stereocenters. The molecule has 33 heavy (non-hydrogen) atoms. The van der Waals surface area contributed by atoms with Gasteiger partial charge in [0.2, 0.25) is 0 Å². The molecule has 0 aromatic rings. The minimum Gasteiger partial charge on any atom is -0.466 e. The molecule has 5 nitrogen and oxygen atoms in total. The Balaban J connectivity index is 1.78. The number of fused-ring (bicyclic) bond motifs is 5. The van der Waals surface area contributed by atoms with Gasteiger partial charge in [-0.05, 0) is 78.9 Å². The maximum Gasteiger partial charge on any atom is 0.334 e. The Morgan fingerprint density at radius 1 is 1.00 bits per heavy atom. The van der Waals surface area contributed by atoms with Gasteiger partial charge < -0.3 is 14.3 Å². The molecule has 0 amide bonds. The van der Waals surface area contributed by atoms with E-state index in [9.17, 15) is 14.4 Å². The predicted octanol–water partition coefficient (Wildman–Crippen LogP) is 5.51. The number of hydrogen-bond donors (Lipinski definition) is 0. The van der Waals surface area contributed by atoms with Gasteiger partial charge >= 0.3 is 11.9 Å². The minimum absolute atomic E-state index is 0.00916. The summed E-state index contributed by atoms with van der Waals surface area (Å²) in [5.41, 5.74) is 0.540. The average Bonchev–Trinajstić information content (AvgIpc) is 2.75. The van der Waals surface area contributed by atoms with Crippen LogP contribution in [0.3, 0.4) is 0 Å². The largest absolute Gasteiger partial charge is 0.466 e. The molecule has 0 heterocycles. The van der Waals surface area contributed by atoms with Crippen molar-refractivity contribution in [3.8, 4) is 0 Å². The SMILES string of the molecule is COC(=O)C1=CC[C@@H]2[C@](C)(CC[C@H]3[C@@]2(C)CC[C@H]2C(C)(C)CCC[C@@]23COC(C)=O)[C@H]1C=O. The molecule has 0 bridgehead atoms. The molecule has 0 saturated heterocycles. The number of hydrogen-bond acceptors (Lipinski definition) is 5. The molecule has 0 aliphatic heterocycles. The second-order valence-electron chi connectivity index (χ2n) is 12.6. The molecule has 3 fully saturated rings. The topological polar surface area (TPSA) is 69.7 Å². The smallest absolute Gasteiger partial charge is 0.334 e. The van der Waals surface area contributed by atoms with Gasteiger partial charge in [-0.25, -0.2) is 4.79 Å². The van der Waals surface area contributed by atoms with E-state index in [4.69, 9.17) is 9.47 Å². The number of carbonyl (C=O) groups excluding carboxylic acids is 3. The third-order valence-corrected chi connectivity index (χ3v) is 10.8. The highest BCUT2D eigenvalue weighted by Crippen LogP contribution is 2.73. The van der Waals surface area contributed by atoms with Crippen molar-refractivity contribution in [2.24, 2.45) is 45.3 Å². The number of carbonyl (C=O) groups is 3. The first kappa shape index (κ1) is 24.5. The van der Waals surface area contributed by atoms with Gasteiger partial charge in [-0.1, -0.05) is 40.2 Å². The first-order valence-corrected chi connectivity index (χ1v) is 12.8. The third-order valence-electron chi connectivity index (χ3n) is 10.8. The van der Waals surface area contributed by atoms with E-state index in [1.165, 1.54) is 26.9 Å². The van der Waals surface area contributed by atoms with Crippen molar-refractivity contribution in [1.82, 2.24) is 0 Å². The molecule has 0 unspecified atom stereocenters. The van der Waals surface area contributed by atoms with Crippen LogP contribution in [0.2, 0.25) is 0 Å². The fraction of sp³-hybridized carbons (Fsp3) is 0.821. The summed E-state index contributed by atoms with van der Waals surface area (Å²) < 4.78 is 10.9. The molecule has 3 saturated carbocycles. The van der Waals surface area contributed by atoms with E-state index < -0.39 is 5.92 Å². The summed E-state index contributed by atoms with van der Waals surface area (Å²) in [6.45, 7) is 11.5. The van der Waals surface area contributed by atoms with Gasteiger partial charge in [0.15, 0.2) is 0 Å². The molecular formula is C28H42O5. The zero-order chi connectivity index (χ0) is 24.2. The van der Waals surface area contributed by atoms with Gasteiger partial charge in [-0.15, -0.1) is 0 Å². The maximum atomic E-state index is 12.5. The summed E-state index contributed by atoms with van der Waals surface area (Å²) in [6, 6.07) is 0. The van der Waals surface area contributed by atoms with Crippen LogP contribution in [0.15, 0.2) is 11.6 Å². The van der Waals surface area contributed by atoms with Crippen molar-refractivity contribution < 1.29 is 23.9 Å². The second-order valence-corrected chi connectivity index (χ2v) is 12.6. The molecule has 0 spiro atoms. The lowest BCUT2D eigenvalue weighted by atomic mass is 9.35. The van der Waals surface area contributed by atoms with Crippen LogP contribution in [0, 0.1) is 45.3 Å². The van der Waals surface area contributed by atoms with E-state index >= 15 is 0 Å². The molecule has 4 rings (SSSR count). The molecule has 5 heteroatoms. The number of esters is 2. The summed E-state index contributed by atoms with van der Waals surface area (Å²) in [5.74, 6) is 0.305. The number of methoxy groups -OCH3 is 1. The third kappa shape index (κ3) is 3.51. The van der Waals surface area contributed by atoms with Gasteiger partial charge in [0.1, 0.15) is 6.29 Å². The van der Waals surface area contributed by atoms with Crippen LogP contribution < -0.4 is 0 Å². The van der Waals surface area contributed by atoms with Crippen molar-refractivity contribution in [3.05, 3.63) is 11.6 Å². The highest BCUT2D eigenvalue weighted by molar-refractivity contribution is 5.93. The van der Waals surface area contributed by atoms with Crippen LogP contribution in [-0.2, 0) is 23.9 Å². The summed E-state index contributed by atoms with van der Waals surface area (Å²) in [4.78, 5) is 36.8. The quantitative estimate of drug-likeness (QED) is 0.410. The van der Waals surface area contributed by atoms with Crippen molar-refractivity contribution in [1.29, 1.82) is 0 Å². The fourth-order valence-electron chi connectivity index (χ4n) is 9.50. The Kier molecular flexibility index (Phi) is 6.11. The molecule has 0 N–H and O–H groups in total. The first-order valence-electron chi connectivity index (χ1n) is 12.8. The Morgan fingerprint density at radius 2 is 1.67 bits per heavy atom. The number of ether oxygens (including phenoxy) is 2. The summed E-state index contributed by atoms with van der Waals surface area (Å²) in [5, 5.41) is 0. The lowest BCUT2D eigenvalue weighted by Crippen LogP contribution is -2.64. The van der Waals surface area contributed by atoms with Crippen molar-refractivity contribution >= 4 is 18.2 Å². The summed E-state index contributed by atoms with van der Waals surface area (Å²) >= 11 is 0. The van der Waals surface area contributed by atoms with Crippen LogP contribution in [0.5, 0.6) is 0 Å². The van der Waals surface area contributed by atoms with Gasteiger partial charge in [-0.2, -0.15) is 0 Å². The molecule has 4 aliphatic rings. The lowest BCUT2D eigenvalue weighted by molar-refractivity contribution is -0.221. The normalized spacial score (nSPS) is 43.8. The number of allylic oxidation sites excluding steroid dienone is 1. The predicted molar refractivity (Wildman–Crippen MR) is 126 cm³/mol. The first-order chi connectivity index (χ1) is 15.5. The van der Waals surface area contributed by atoms with E-state index in [0.29, 0.717) is 29.9 Å². The highest BCUT2D eigenvalue weighted by atomic mass is 16.5. The molecule has 0 aromatic carbocycles. The molecule has 0 aromatic heterocycles. The van der Waals surface area contributed by atoms with E-state index in [-0.39, 0.29) is 33.6 Å². The van der Waals surface area contributed by atoms with E-state index in [1.807, 2.05) is 6.08 Å². The van der Waals surface area contributed by atoms with E-state index in [2.05, 4.69) is 27.7 Å². The summed E-state index contributed by atoms with van der Waals surface area (Å²) in [6.07, 6.45) is 11.5. The Morgan fingerprint density at radius 3 is 2.30 bits per heavy atom. The molecular weight excluding hydrogens is 416 g/mol. The standard InChI is InChI=1S/C28H42O5/c1-18(30)33-17-28-13-7-12-25(2,3)21(28)10-15-27(5)22-9-8-19(24(31)32-6)20(16-29)26(22,4)14-11-23(27)28/h8,16,20-23H,7,9-15,17H2,1-6H3/t20-,21-,22+,23-,26+,27-,28+/m0/s1. The fourth-order valence-corrected chi connectivity index (χ4v) is 9.50. The Hall–Kier alpha value is -1.65. The minimum atomic E-state index is -0.425. The molecule has 184 valence electrons. The van der Waals surface area contributed by atoms with Gasteiger partial charge in [-0.3, -0.25) is 4.79 Å². The second kappa shape index (κ2) is 8.23. The number of aldehydes is 1. The Labute approximate surface area is 199 Å². The van der Waals surface area contributed by atoms with Crippen LogP contribution in [0.1, 0.15) is 86.0 Å². The van der Waals surface area contributed by atoms with E-state index in [1.54, 1.807) is 0 Å². The zero-order valence-corrected chi connectivity index (χ0v) is 21.4. The summed E-state index contributed by atoms with van der Waals surface area (Å²) in [7, 11) is 1.39. The van der Waals surface area contributed by atoms with Gasteiger partial charge in [0.05, 0.1) is 19.6 Å². The van der Waals surface area contributed by atoms with Crippen LogP contribution in [-0.4, -0.2) is 31.9 Å². The highest BCUT2D eigenvalue weighted by Gasteiger charge is 2.67. The monoisotopic (exact) mass is 458 g/mol. The van der Waals surface area contributed by atoms with Crippen molar-refractivity contribution in [2.45, 2.75) is 86.0 Å². The maximum absolute atomic E-state index is 12.5. The van der Waals surface area contributed by atoms with Crippen LogP contribution in [0.4, 0.5) is 0 Å². The molecule has 4 aliphatic carbocycles.